The Morgan fingerprint density at radius 2 is 1.67 bits per heavy atom. The maximum atomic E-state index is 3.34. The van der Waals surface area contributed by atoms with Crippen LogP contribution in [0.3, 0.4) is 0 Å². The fourth-order valence-corrected chi connectivity index (χ4v) is 2.03. The minimum absolute atomic E-state index is 0.879. The van der Waals surface area contributed by atoms with Crippen LogP contribution in [0, 0.1) is 20.8 Å². The minimum Gasteiger partial charge on any atom is -0.308 e. The number of benzene rings is 1. The van der Waals surface area contributed by atoms with Crippen molar-refractivity contribution in [2.45, 2.75) is 27.2 Å². The average molecular weight is 206 g/mol. The predicted octanol–water partition coefficient (Wildman–Crippen LogP) is 1.92. The molecule has 0 unspecified atom stereocenters. The van der Waals surface area contributed by atoms with E-state index in [1.807, 2.05) is 7.05 Å². The molecule has 15 heavy (non-hydrogen) atoms. The SMILES string of the molecule is CNCNCCc1c(C)cc(C)cc1C. The van der Waals surface area contributed by atoms with Gasteiger partial charge in [0.2, 0.25) is 0 Å². The zero-order valence-corrected chi connectivity index (χ0v) is 10.3. The van der Waals surface area contributed by atoms with Crippen molar-refractivity contribution in [2.24, 2.45) is 0 Å². The Morgan fingerprint density at radius 3 is 2.20 bits per heavy atom. The number of hydrogen-bond donors (Lipinski definition) is 2. The lowest BCUT2D eigenvalue weighted by atomic mass is 9.97. The topological polar surface area (TPSA) is 24.1 Å². The molecular formula is C13H22N2. The molecule has 0 aliphatic rings. The maximum Gasteiger partial charge on any atom is 0.0451 e. The average Bonchev–Trinajstić information content (AvgIpc) is 2.15. The number of nitrogens with one attached hydrogen (secondary N) is 2. The smallest absolute Gasteiger partial charge is 0.0451 e. The Hall–Kier alpha value is -0.860. The van der Waals surface area contributed by atoms with E-state index in [-0.39, 0.29) is 0 Å². The Kier molecular flexibility index (Phi) is 4.79. The number of rotatable bonds is 5. The summed E-state index contributed by atoms with van der Waals surface area (Å²) in [6.07, 6.45) is 1.11. The first-order valence-corrected chi connectivity index (χ1v) is 5.57. The van der Waals surface area contributed by atoms with Crippen molar-refractivity contribution in [3.05, 3.63) is 34.4 Å². The van der Waals surface area contributed by atoms with Gasteiger partial charge in [0.05, 0.1) is 0 Å². The summed E-state index contributed by atoms with van der Waals surface area (Å²) in [6, 6.07) is 4.53. The Bertz CT molecular complexity index is 295. The van der Waals surface area contributed by atoms with Gasteiger partial charge < -0.3 is 10.6 Å². The van der Waals surface area contributed by atoms with Crippen molar-refractivity contribution >= 4 is 0 Å². The summed E-state index contributed by atoms with van der Waals surface area (Å²) in [5.41, 5.74) is 5.68. The monoisotopic (exact) mass is 206 g/mol. The molecule has 1 aromatic rings. The van der Waals surface area contributed by atoms with Crippen LogP contribution >= 0.6 is 0 Å². The quantitative estimate of drug-likeness (QED) is 0.568. The van der Waals surface area contributed by atoms with Gasteiger partial charge in [0.25, 0.3) is 0 Å². The highest BCUT2D eigenvalue weighted by molar-refractivity contribution is 5.37. The normalized spacial score (nSPS) is 10.7. The molecule has 0 radical (unpaired) electrons. The molecule has 0 saturated carbocycles. The van der Waals surface area contributed by atoms with Crippen LogP contribution in [0.15, 0.2) is 12.1 Å². The van der Waals surface area contributed by atoms with Crippen LogP contribution in [0.4, 0.5) is 0 Å². The van der Waals surface area contributed by atoms with Crippen molar-refractivity contribution < 1.29 is 0 Å². The number of aryl methyl sites for hydroxylation is 3. The van der Waals surface area contributed by atoms with Crippen molar-refractivity contribution in [2.75, 3.05) is 20.3 Å². The molecule has 0 bridgehead atoms. The van der Waals surface area contributed by atoms with Crippen molar-refractivity contribution in [3.8, 4) is 0 Å². The summed E-state index contributed by atoms with van der Waals surface area (Å²) >= 11 is 0. The van der Waals surface area contributed by atoms with Gasteiger partial charge in [0, 0.05) is 13.2 Å². The first-order valence-electron chi connectivity index (χ1n) is 5.57. The van der Waals surface area contributed by atoms with Crippen LogP contribution in [0.25, 0.3) is 0 Å². The highest BCUT2D eigenvalue weighted by atomic mass is 15.0. The summed E-state index contributed by atoms with van der Waals surface area (Å²) in [5.74, 6) is 0. The fraction of sp³-hybridized carbons (Fsp3) is 0.538. The van der Waals surface area contributed by atoms with E-state index < -0.39 is 0 Å². The Morgan fingerprint density at radius 1 is 1.07 bits per heavy atom. The summed E-state index contributed by atoms with van der Waals surface area (Å²) in [5, 5.41) is 6.42. The molecule has 84 valence electrons. The second-order valence-corrected chi connectivity index (χ2v) is 4.16. The van der Waals surface area contributed by atoms with Crippen LogP contribution in [0.2, 0.25) is 0 Å². The zero-order chi connectivity index (χ0) is 11.3. The molecule has 0 atom stereocenters. The summed E-state index contributed by atoms with van der Waals surface area (Å²) in [4.78, 5) is 0. The van der Waals surface area contributed by atoms with Crippen molar-refractivity contribution in [1.82, 2.24) is 10.6 Å². The Labute approximate surface area is 93.1 Å². The van der Waals surface area contributed by atoms with E-state index >= 15 is 0 Å². The second-order valence-electron chi connectivity index (χ2n) is 4.16. The van der Waals surface area contributed by atoms with E-state index in [1.54, 1.807) is 0 Å². The van der Waals surface area contributed by atoms with Crippen LogP contribution in [0.1, 0.15) is 22.3 Å². The van der Waals surface area contributed by atoms with Gasteiger partial charge in [-0.15, -0.1) is 0 Å². The minimum atomic E-state index is 0.879. The largest absolute Gasteiger partial charge is 0.308 e. The van der Waals surface area contributed by atoms with Crippen LogP contribution in [-0.4, -0.2) is 20.3 Å². The molecule has 0 heterocycles. The van der Waals surface area contributed by atoms with Crippen molar-refractivity contribution in [3.63, 3.8) is 0 Å². The van der Waals surface area contributed by atoms with E-state index in [2.05, 4.69) is 43.5 Å². The molecule has 2 N–H and O–H groups in total. The first-order chi connectivity index (χ1) is 7.15. The molecule has 0 aliphatic carbocycles. The molecule has 0 spiro atoms. The third-order valence-electron chi connectivity index (χ3n) is 2.69. The first kappa shape index (κ1) is 12.2. The van der Waals surface area contributed by atoms with E-state index in [0.29, 0.717) is 0 Å². The third kappa shape index (κ3) is 3.65. The molecule has 0 aliphatic heterocycles. The summed E-state index contributed by atoms with van der Waals surface area (Å²) < 4.78 is 0. The molecule has 0 fully saturated rings. The van der Waals surface area contributed by atoms with E-state index in [1.165, 1.54) is 22.3 Å². The highest BCUT2D eigenvalue weighted by Gasteiger charge is 2.02. The predicted molar refractivity (Wildman–Crippen MR) is 66.3 cm³/mol. The Balaban J connectivity index is 2.60. The molecule has 0 aromatic heterocycles. The summed E-state index contributed by atoms with van der Waals surface area (Å²) in [6.45, 7) is 8.47. The molecule has 1 rings (SSSR count). The molecule has 2 heteroatoms. The molecule has 0 amide bonds. The summed E-state index contributed by atoms with van der Waals surface area (Å²) in [7, 11) is 1.95. The van der Waals surface area contributed by atoms with E-state index in [0.717, 1.165) is 19.6 Å². The second kappa shape index (κ2) is 5.89. The van der Waals surface area contributed by atoms with Gasteiger partial charge in [0.15, 0.2) is 0 Å². The lowest BCUT2D eigenvalue weighted by molar-refractivity contribution is 0.629. The molecular weight excluding hydrogens is 184 g/mol. The van der Waals surface area contributed by atoms with E-state index in [9.17, 15) is 0 Å². The number of hydrogen-bond acceptors (Lipinski definition) is 2. The lowest BCUT2D eigenvalue weighted by Crippen LogP contribution is -2.27. The third-order valence-corrected chi connectivity index (χ3v) is 2.69. The molecule has 1 aromatic carbocycles. The standard InChI is InChI=1S/C13H22N2/c1-10-7-11(2)13(12(3)8-10)5-6-15-9-14-4/h7-8,14-15H,5-6,9H2,1-4H3. The maximum absolute atomic E-state index is 3.34. The van der Waals surface area contributed by atoms with Crippen molar-refractivity contribution in [1.29, 1.82) is 0 Å². The van der Waals surface area contributed by atoms with Gasteiger partial charge in [-0.1, -0.05) is 17.7 Å². The van der Waals surface area contributed by atoms with Gasteiger partial charge in [0.1, 0.15) is 0 Å². The fourth-order valence-electron chi connectivity index (χ4n) is 2.03. The van der Waals surface area contributed by atoms with Crippen LogP contribution in [0.5, 0.6) is 0 Å². The van der Waals surface area contributed by atoms with Crippen LogP contribution in [-0.2, 0) is 6.42 Å². The molecule has 2 nitrogen and oxygen atoms in total. The van der Waals surface area contributed by atoms with Gasteiger partial charge in [-0.25, -0.2) is 0 Å². The van der Waals surface area contributed by atoms with Gasteiger partial charge >= 0.3 is 0 Å². The lowest BCUT2D eigenvalue weighted by Gasteiger charge is -2.11. The van der Waals surface area contributed by atoms with E-state index in [4.69, 9.17) is 0 Å². The zero-order valence-electron chi connectivity index (χ0n) is 10.3. The molecule has 0 saturated heterocycles. The van der Waals surface area contributed by atoms with Gasteiger partial charge in [-0.05, 0) is 50.9 Å². The van der Waals surface area contributed by atoms with Gasteiger partial charge in [-0.3, -0.25) is 0 Å². The van der Waals surface area contributed by atoms with Crippen LogP contribution < -0.4 is 10.6 Å². The van der Waals surface area contributed by atoms with Gasteiger partial charge in [-0.2, -0.15) is 0 Å². The highest BCUT2D eigenvalue weighted by Crippen LogP contribution is 2.16.